The zero-order valence-electron chi connectivity index (χ0n) is 14.1. The Bertz CT molecular complexity index is 1080. The fourth-order valence-electron chi connectivity index (χ4n) is 2.96. The van der Waals surface area contributed by atoms with E-state index in [0.717, 1.165) is 38.7 Å². The summed E-state index contributed by atoms with van der Waals surface area (Å²) in [6.07, 6.45) is 1.56. The minimum Gasteiger partial charge on any atom is -0.476 e. The van der Waals surface area contributed by atoms with Crippen molar-refractivity contribution in [1.29, 1.82) is 10.5 Å². The maximum absolute atomic E-state index is 11.0. The number of nitrogens with zero attached hydrogens (tertiary/aromatic N) is 4. The molecule has 3 rings (SSSR count). The number of nitriles is 2. The van der Waals surface area contributed by atoms with Gasteiger partial charge in [-0.15, -0.1) is 11.3 Å². The third-order valence-corrected chi connectivity index (χ3v) is 5.22. The second-order valence-corrected chi connectivity index (χ2v) is 6.86. The van der Waals surface area contributed by atoms with E-state index in [9.17, 15) is 10.1 Å². The van der Waals surface area contributed by atoms with Gasteiger partial charge in [-0.1, -0.05) is 12.1 Å². The van der Waals surface area contributed by atoms with Gasteiger partial charge in [0.05, 0.1) is 23.7 Å². The molecule has 0 saturated carbocycles. The van der Waals surface area contributed by atoms with E-state index in [0.29, 0.717) is 17.7 Å². The molecule has 7 heteroatoms. The Hall–Kier alpha value is -3.42. The van der Waals surface area contributed by atoms with Crippen molar-refractivity contribution in [3.8, 4) is 23.3 Å². The maximum Gasteiger partial charge on any atom is 0.365 e. The Morgan fingerprint density at radius 1 is 1.19 bits per heavy atom. The van der Waals surface area contributed by atoms with Gasteiger partial charge in [0, 0.05) is 28.0 Å². The van der Waals surface area contributed by atoms with Crippen LogP contribution >= 0.6 is 11.3 Å². The highest BCUT2D eigenvalue weighted by Crippen LogP contribution is 2.33. The average molecular weight is 362 g/mol. The van der Waals surface area contributed by atoms with Crippen molar-refractivity contribution in [2.75, 3.05) is 0 Å². The Kier molecular flexibility index (Phi) is 4.57. The molecule has 1 aromatic carbocycles. The highest BCUT2D eigenvalue weighted by molar-refractivity contribution is 7.13. The molecule has 0 aliphatic rings. The largest absolute Gasteiger partial charge is 0.476 e. The first-order valence-corrected chi connectivity index (χ1v) is 8.56. The van der Waals surface area contributed by atoms with Gasteiger partial charge < -0.3 is 9.67 Å². The summed E-state index contributed by atoms with van der Waals surface area (Å²) >= 11 is 1.13. The molecule has 2 heterocycles. The van der Waals surface area contributed by atoms with E-state index in [1.165, 1.54) is 0 Å². The first-order chi connectivity index (χ1) is 12.5. The van der Waals surface area contributed by atoms with E-state index < -0.39 is 5.97 Å². The van der Waals surface area contributed by atoms with Crippen LogP contribution in [0.15, 0.2) is 30.5 Å². The fourth-order valence-corrected chi connectivity index (χ4v) is 3.70. The molecule has 0 radical (unpaired) electrons. The summed E-state index contributed by atoms with van der Waals surface area (Å²) in [5.41, 5.74) is 4.57. The van der Waals surface area contributed by atoms with Crippen LogP contribution in [0.25, 0.3) is 11.1 Å². The van der Waals surface area contributed by atoms with Crippen molar-refractivity contribution < 1.29 is 9.90 Å². The summed E-state index contributed by atoms with van der Waals surface area (Å²) < 4.78 is 1.99. The lowest BCUT2D eigenvalue weighted by atomic mass is 10.0. The van der Waals surface area contributed by atoms with Crippen molar-refractivity contribution in [2.45, 2.75) is 20.4 Å². The Balaban J connectivity index is 2.07. The molecule has 0 bridgehead atoms. The molecule has 3 aromatic rings. The second kappa shape index (κ2) is 6.83. The summed E-state index contributed by atoms with van der Waals surface area (Å²) in [5, 5.41) is 27.7. The molecule has 0 atom stereocenters. The van der Waals surface area contributed by atoms with Crippen LogP contribution in [0.5, 0.6) is 0 Å². The molecule has 1 N–H and O–H groups in total. The molecule has 0 aliphatic carbocycles. The van der Waals surface area contributed by atoms with Crippen molar-refractivity contribution in [3.05, 3.63) is 62.9 Å². The van der Waals surface area contributed by atoms with E-state index in [-0.39, 0.29) is 5.01 Å². The minimum absolute atomic E-state index is 0.0512. The van der Waals surface area contributed by atoms with Gasteiger partial charge in [0.1, 0.15) is 6.07 Å². The molecule has 6 nitrogen and oxygen atoms in total. The highest BCUT2D eigenvalue weighted by Gasteiger charge is 2.20. The highest BCUT2D eigenvalue weighted by atomic mass is 32.1. The number of benzene rings is 1. The number of thiazole rings is 1. The smallest absolute Gasteiger partial charge is 0.365 e. The number of carboxylic acids is 1. The van der Waals surface area contributed by atoms with Crippen molar-refractivity contribution in [2.24, 2.45) is 0 Å². The maximum atomic E-state index is 11.0. The van der Waals surface area contributed by atoms with Crippen molar-refractivity contribution >= 4 is 17.3 Å². The molecule has 0 fully saturated rings. The number of carbonyl (C=O) groups is 1. The van der Waals surface area contributed by atoms with Gasteiger partial charge in [0.2, 0.25) is 5.01 Å². The summed E-state index contributed by atoms with van der Waals surface area (Å²) in [5.74, 6) is -1.04. The van der Waals surface area contributed by atoms with Crippen LogP contribution in [-0.4, -0.2) is 20.6 Å². The summed E-state index contributed by atoms with van der Waals surface area (Å²) in [6, 6.07) is 11.5. The van der Waals surface area contributed by atoms with E-state index in [4.69, 9.17) is 10.4 Å². The summed E-state index contributed by atoms with van der Waals surface area (Å²) in [6.45, 7) is 4.26. The summed E-state index contributed by atoms with van der Waals surface area (Å²) in [7, 11) is 0. The Morgan fingerprint density at radius 3 is 2.42 bits per heavy atom. The van der Waals surface area contributed by atoms with E-state index in [1.807, 2.05) is 30.5 Å². The third kappa shape index (κ3) is 2.97. The zero-order chi connectivity index (χ0) is 18.8. The van der Waals surface area contributed by atoms with Gasteiger partial charge in [0.15, 0.2) is 0 Å². The van der Waals surface area contributed by atoms with Gasteiger partial charge in [-0.2, -0.15) is 10.5 Å². The number of hydrogen-bond donors (Lipinski definition) is 1. The monoisotopic (exact) mass is 362 g/mol. The van der Waals surface area contributed by atoms with Crippen LogP contribution in [0, 0.1) is 36.5 Å². The van der Waals surface area contributed by atoms with Gasteiger partial charge in [-0.3, -0.25) is 0 Å². The molecule has 0 aliphatic heterocycles. The molecule has 128 valence electrons. The topological polar surface area (TPSA) is 103 Å². The number of aromatic carboxylic acids is 1. The number of carboxylic acid groups (broad SMARTS) is 1. The molecule has 0 unspecified atom stereocenters. The number of hydrogen-bond acceptors (Lipinski definition) is 5. The Morgan fingerprint density at radius 2 is 1.88 bits per heavy atom. The van der Waals surface area contributed by atoms with E-state index in [2.05, 4.69) is 17.1 Å². The molecular formula is C19H14N4O2S. The molecule has 0 amide bonds. The third-order valence-electron chi connectivity index (χ3n) is 4.25. The predicted octanol–water partition coefficient (Wildman–Crippen LogP) is 3.72. The SMILES string of the molecule is Cc1c(C#N)c(-c2ccc(C#N)cc2)c(C)n1Cc1cnc(C(=O)O)s1. The van der Waals surface area contributed by atoms with Crippen molar-refractivity contribution in [1.82, 2.24) is 9.55 Å². The van der Waals surface area contributed by atoms with Crippen molar-refractivity contribution in [3.63, 3.8) is 0 Å². The second-order valence-electron chi connectivity index (χ2n) is 5.74. The number of rotatable bonds is 4. The predicted molar refractivity (Wildman–Crippen MR) is 96.9 cm³/mol. The molecule has 2 aromatic heterocycles. The van der Waals surface area contributed by atoms with Gasteiger partial charge in [-0.05, 0) is 31.5 Å². The van der Waals surface area contributed by atoms with Crippen LogP contribution in [0.1, 0.15) is 37.2 Å². The lowest BCUT2D eigenvalue weighted by Crippen LogP contribution is -2.02. The van der Waals surface area contributed by atoms with E-state index >= 15 is 0 Å². The Labute approximate surface area is 154 Å². The average Bonchev–Trinajstić information content (AvgIpc) is 3.20. The van der Waals surface area contributed by atoms with Crippen LogP contribution < -0.4 is 0 Å². The first kappa shape index (κ1) is 17.4. The van der Waals surface area contributed by atoms with Gasteiger partial charge in [-0.25, -0.2) is 9.78 Å². The van der Waals surface area contributed by atoms with Crippen LogP contribution in [0.4, 0.5) is 0 Å². The normalized spacial score (nSPS) is 10.3. The van der Waals surface area contributed by atoms with Crippen LogP contribution in [0.3, 0.4) is 0 Å². The van der Waals surface area contributed by atoms with E-state index in [1.54, 1.807) is 18.3 Å². The standard InChI is InChI=1S/C19H14N4O2S/c1-11-16(8-21)17(14-5-3-13(7-20)4-6-14)12(2)23(11)10-15-9-22-18(26-15)19(24)25/h3-6,9H,10H2,1-2H3,(H,24,25). The zero-order valence-corrected chi connectivity index (χ0v) is 15.0. The molecule has 0 saturated heterocycles. The van der Waals surface area contributed by atoms with Gasteiger partial charge in [0.25, 0.3) is 0 Å². The van der Waals surface area contributed by atoms with Gasteiger partial charge >= 0.3 is 5.97 Å². The molecule has 26 heavy (non-hydrogen) atoms. The lowest BCUT2D eigenvalue weighted by molar-refractivity contribution is 0.0696. The quantitative estimate of drug-likeness (QED) is 0.762. The fraction of sp³-hybridized carbons (Fsp3) is 0.158. The number of aromatic nitrogens is 2. The molecular weight excluding hydrogens is 348 g/mol. The molecule has 0 spiro atoms. The van der Waals surface area contributed by atoms with Crippen LogP contribution in [0.2, 0.25) is 0 Å². The minimum atomic E-state index is -1.04. The first-order valence-electron chi connectivity index (χ1n) is 7.74. The lowest BCUT2D eigenvalue weighted by Gasteiger charge is -2.08. The van der Waals surface area contributed by atoms with Crippen LogP contribution in [-0.2, 0) is 6.54 Å². The summed E-state index contributed by atoms with van der Waals surface area (Å²) in [4.78, 5) is 15.7.